The van der Waals surface area contributed by atoms with Crippen LogP contribution in [0.1, 0.15) is 43.6 Å². The molecule has 0 spiro atoms. The van der Waals surface area contributed by atoms with Crippen molar-refractivity contribution in [1.29, 1.82) is 0 Å². The van der Waals surface area contributed by atoms with Crippen molar-refractivity contribution in [3.8, 4) is 0 Å². The van der Waals surface area contributed by atoms with E-state index in [1.165, 1.54) is 19.3 Å². The number of guanidine groups is 1. The Morgan fingerprint density at radius 2 is 1.97 bits per heavy atom. The molecule has 1 fully saturated rings. The number of aromatic nitrogens is 1. The molecule has 0 radical (unpaired) electrons. The van der Waals surface area contributed by atoms with Crippen LogP contribution in [0, 0.1) is 0 Å². The summed E-state index contributed by atoms with van der Waals surface area (Å²) >= 11 is 0. The summed E-state index contributed by atoms with van der Waals surface area (Å²) in [5, 5.41) is 8.06. The van der Waals surface area contributed by atoms with Crippen LogP contribution < -0.4 is 10.6 Å². The van der Waals surface area contributed by atoms with E-state index in [4.69, 9.17) is 9.41 Å². The molecule has 1 unspecified atom stereocenters. The van der Waals surface area contributed by atoms with Gasteiger partial charge in [0.25, 0.3) is 0 Å². The van der Waals surface area contributed by atoms with Crippen molar-refractivity contribution in [3.05, 3.63) is 66.2 Å². The van der Waals surface area contributed by atoms with Gasteiger partial charge in [0.05, 0.1) is 24.4 Å². The normalized spacial score (nSPS) is 16.5. The van der Waals surface area contributed by atoms with Crippen molar-refractivity contribution in [2.75, 3.05) is 26.2 Å². The number of aliphatic imine (C=N–C) groups is 1. The highest BCUT2D eigenvalue weighted by Crippen LogP contribution is 2.24. The minimum absolute atomic E-state index is 0.211. The van der Waals surface area contributed by atoms with Gasteiger partial charge in [0.1, 0.15) is 5.76 Å². The lowest BCUT2D eigenvalue weighted by atomic mass is 10.1. The molecule has 6 nitrogen and oxygen atoms in total. The number of para-hydroxylation sites is 1. The molecule has 1 atom stereocenters. The Kier molecular flexibility index (Phi) is 6.98. The number of nitrogens with zero attached hydrogens (tertiary/aromatic N) is 3. The highest BCUT2D eigenvalue weighted by atomic mass is 16.3. The van der Waals surface area contributed by atoms with E-state index in [0.29, 0.717) is 6.54 Å². The fourth-order valence-corrected chi connectivity index (χ4v) is 4.11. The Labute approximate surface area is 178 Å². The van der Waals surface area contributed by atoms with Gasteiger partial charge in [0, 0.05) is 24.7 Å². The van der Waals surface area contributed by atoms with Crippen LogP contribution in [0.4, 0.5) is 0 Å². The number of benzene rings is 1. The monoisotopic (exact) mass is 405 g/mol. The maximum Gasteiger partial charge on any atom is 0.191 e. The summed E-state index contributed by atoms with van der Waals surface area (Å²) in [7, 11) is 0. The van der Waals surface area contributed by atoms with E-state index in [-0.39, 0.29) is 6.04 Å². The fraction of sp³-hybridized carbons (Fsp3) is 0.417. The van der Waals surface area contributed by atoms with E-state index in [1.807, 2.05) is 18.3 Å². The Morgan fingerprint density at radius 3 is 2.77 bits per heavy atom. The molecule has 158 valence electrons. The first-order valence-corrected chi connectivity index (χ1v) is 11.0. The Hall–Kier alpha value is -2.86. The van der Waals surface area contributed by atoms with Gasteiger partial charge in [-0.15, -0.1) is 0 Å². The van der Waals surface area contributed by atoms with Crippen LogP contribution in [0.15, 0.2) is 64.3 Å². The number of likely N-dealkylation sites (tertiary alicyclic amines) is 1. The first-order chi connectivity index (χ1) is 14.8. The average Bonchev–Trinajstić information content (AvgIpc) is 3.33. The molecular formula is C24H31N5O. The van der Waals surface area contributed by atoms with E-state index < -0.39 is 0 Å². The van der Waals surface area contributed by atoms with E-state index >= 15 is 0 Å². The minimum atomic E-state index is 0.211. The van der Waals surface area contributed by atoms with Gasteiger partial charge in [-0.3, -0.25) is 9.88 Å². The molecule has 1 aromatic carbocycles. The summed E-state index contributed by atoms with van der Waals surface area (Å²) in [4.78, 5) is 11.9. The van der Waals surface area contributed by atoms with E-state index in [2.05, 4.69) is 57.8 Å². The molecule has 1 aliphatic rings. The summed E-state index contributed by atoms with van der Waals surface area (Å²) in [6.45, 7) is 6.47. The second kappa shape index (κ2) is 10.3. The topological polar surface area (TPSA) is 65.7 Å². The van der Waals surface area contributed by atoms with Gasteiger partial charge in [-0.2, -0.15) is 0 Å². The van der Waals surface area contributed by atoms with Gasteiger partial charge in [-0.25, -0.2) is 4.99 Å². The zero-order valence-corrected chi connectivity index (χ0v) is 17.7. The summed E-state index contributed by atoms with van der Waals surface area (Å²) in [6.07, 6.45) is 7.42. The molecule has 1 aliphatic heterocycles. The smallest absolute Gasteiger partial charge is 0.191 e. The minimum Gasteiger partial charge on any atom is -0.468 e. The van der Waals surface area contributed by atoms with E-state index in [0.717, 1.165) is 54.4 Å². The molecule has 4 rings (SSSR count). The number of furan rings is 1. The zero-order valence-electron chi connectivity index (χ0n) is 17.7. The molecule has 30 heavy (non-hydrogen) atoms. The molecule has 1 saturated heterocycles. The summed E-state index contributed by atoms with van der Waals surface area (Å²) in [5.41, 5.74) is 2.14. The van der Waals surface area contributed by atoms with E-state index in [9.17, 15) is 0 Å². The van der Waals surface area contributed by atoms with E-state index in [1.54, 1.807) is 6.26 Å². The standard InChI is InChI=1S/C24H31N5O/c1-2-25-24(27-17-20-10-6-9-19-11-7-13-26-23(19)20)28-18-21(22-12-8-16-30-22)29-14-4-3-5-15-29/h6-13,16,21H,2-5,14-15,17-18H2,1H3,(H2,25,27,28). The summed E-state index contributed by atoms with van der Waals surface area (Å²) in [6, 6.07) is 14.6. The van der Waals surface area contributed by atoms with Gasteiger partial charge < -0.3 is 15.1 Å². The number of piperidine rings is 1. The molecule has 3 aromatic rings. The van der Waals surface area contributed by atoms with Gasteiger partial charge in [-0.05, 0) is 56.6 Å². The summed E-state index contributed by atoms with van der Waals surface area (Å²) < 4.78 is 5.77. The third-order valence-electron chi connectivity index (χ3n) is 5.63. The Bertz CT molecular complexity index is 942. The lowest BCUT2D eigenvalue weighted by Crippen LogP contribution is -2.44. The summed E-state index contributed by atoms with van der Waals surface area (Å²) in [5.74, 6) is 1.83. The van der Waals surface area contributed by atoms with Gasteiger partial charge in [0.15, 0.2) is 5.96 Å². The van der Waals surface area contributed by atoms with Crippen LogP contribution in [0.2, 0.25) is 0 Å². The second-order valence-corrected chi connectivity index (χ2v) is 7.70. The average molecular weight is 406 g/mol. The molecule has 0 aliphatic carbocycles. The third-order valence-corrected chi connectivity index (χ3v) is 5.63. The molecule has 3 heterocycles. The maximum absolute atomic E-state index is 5.77. The lowest BCUT2D eigenvalue weighted by Gasteiger charge is -2.33. The van der Waals surface area contributed by atoms with Crippen molar-refractivity contribution >= 4 is 16.9 Å². The number of nitrogens with one attached hydrogen (secondary N) is 2. The number of rotatable bonds is 7. The Balaban J connectivity index is 1.47. The molecule has 0 bridgehead atoms. The van der Waals surface area contributed by atoms with Crippen molar-refractivity contribution in [3.63, 3.8) is 0 Å². The fourth-order valence-electron chi connectivity index (χ4n) is 4.11. The van der Waals surface area contributed by atoms with Crippen LogP contribution in [-0.4, -0.2) is 42.0 Å². The second-order valence-electron chi connectivity index (χ2n) is 7.70. The van der Waals surface area contributed by atoms with Crippen molar-refractivity contribution in [1.82, 2.24) is 20.5 Å². The molecule has 0 amide bonds. The lowest BCUT2D eigenvalue weighted by molar-refractivity contribution is 0.146. The van der Waals surface area contributed by atoms with Crippen LogP contribution in [0.3, 0.4) is 0 Å². The van der Waals surface area contributed by atoms with Crippen LogP contribution in [0.5, 0.6) is 0 Å². The predicted molar refractivity (Wildman–Crippen MR) is 121 cm³/mol. The quantitative estimate of drug-likeness (QED) is 0.457. The highest BCUT2D eigenvalue weighted by molar-refractivity contribution is 5.83. The van der Waals surface area contributed by atoms with Crippen LogP contribution >= 0.6 is 0 Å². The number of fused-ring (bicyclic) bond motifs is 1. The number of hydrogen-bond donors (Lipinski definition) is 2. The third kappa shape index (κ3) is 5.00. The maximum atomic E-state index is 5.77. The molecule has 2 N–H and O–H groups in total. The van der Waals surface area contributed by atoms with Crippen LogP contribution in [0.25, 0.3) is 10.9 Å². The molecular weight excluding hydrogens is 374 g/mol. The van der Waals surface area contributed by atoms with Gasteiger partial charge in [-0.1, -0.05) is 30.7 Å². The largest absolute Gasteiger partial charge is 0.468 e. The van der Waals surface area contributed by atoms with Gasteiger partial charge in [0.2, 0.25) is 0 Å². The SMILES string of the molecule is CCNC(=NCc1cccc2cccnc12)NCC(c1ccco1)N1CCCCC1. The molecule has 2 aromatic heterocycles. The highest BCUT2D eigenvalue weighted by Gasteiger charge is 2.24. The number of pyridine rings is 1. The molecule has 0 saturated carbocycles. The molecule has 6 heteroatoms. The van der Waals surface area contributed by atoms with Crippen molar-refractivity contribution in [2.24, 2.45) is 4.99 Å². The van der Waals surface area contributed by atoms with Gasteiger partial charge >= 0.3 is 0 Å². The van der Waals surface area contributed by atoms with Crippen LogP contribution in [-0.2, 0) is 6.54 Å². The zero-order chi connectivity index (χ0) is 20.6. The van der Waals surface area contributed by atoms with Crippen molar-refractivity contribution < 1.29 is 4.42 Å². The Morgan fingerprint density at radius 1 is 1.10 bits per heavy atom. The predicted octanol–water partition coefficient (Wildman–Crippen LogP) is 4.11. The number of hydrogen-bond acceptors (Lipinski definition) is 4. The first-order valence-electron chi connectivity index (χ1n) is 11.0. The van der Waals surface area contributed by atoms with Crippen molar-refractivity contribution in [2.45, 2.75) is 38.8 Å². The first kappa shape index (κ1) is 20.4.